The molecule has 0 spiro atoms. The van der Waals surface area contributed by atoms with Crippen molar-refractivity contribution in [2.24, 2.45) is 17.3 Å². The molecule has 2 rings (SSSR count). The fourth-order valence-electron chi connectivity index (χ4n) is 3.41. The second-order valence-corrected chi connectivity index (χ2v) is 6.33. The zero-order chi connectivity index (χ0) is 14.2. The molecule has 1 aromatic carbocycles. The Kier molecular flexibility index (Phi) is 3.75. The lowest BCUT2D eigenvalue weighted by molar-refractivity contribution is 0.0539. The normalized spacial score (nSPS) is 26.2. The van der Waals surface area contributed by atoms with E-state index in [0.29, 0.717) is 0 Å². The number of carbonyl (C=O) groups excluding carboxylic acids is 1. The number of rotatable bonds is 2. The maximum Gasteiger partial charge on any atom is 0.166 e. The van der Waals surface area contributed by atoms with E-state index >= 15 is 0 Å². The molecule has 0 amide bonds. The van der Waals surface area contributed by atoms with Crippen molar-refractivity contribution in [1.82, 2.24) is 0 Å². The third-order valence-corrected chi connectivity index (χ3v) is 4.38. The molecule has 0 N–H and O–H groups in total. The summed E-state index contributed by atoms with van der Waals surface area (Å²) < 4.78 is 26.2. The van der Waals surface area contributed by atoms with E-state index in [1.54, 1.807) is 0 Å². The van der Waals surface area contributed by atoms with Gasteiger partial charge in [0.15, 0.2) is 17.4 Å². The Balaban J connectivity index is 2.33. The van der Waals surface area contributed by atoms with Gasteiger partial charge in [0.05, 0.1) is 0 Å². The average Bonchev–Trinajstić information content (AvgIpc) is 2.31. The lowest BCUT2D eigenvalue weighted by atomic mass is 9.62. The second-order valence-electron chi connectivity index (χ2n) is 6.33. The molecule has 0 saturated heterocycles. The standard InChI is InChI=1S/C16H20F2O/c1-10-5-4-8-16(2,3)14(10)15(19)11-6-7-12(17)13(18)9-11/h6-7,9-10,14H,4-5,8H2,1-3H3/t10-,14-/m0/s1. The molecular formula is C16H20F2O. The maximum atomic E-state index is 13.3. The molecular weight excluding hydrogens is 246 g/mol. The van der Waals surface area contributed by atoms with Gasteiger partial charge in [0.25, 0.3) is 0 Å². The summed E-state index contributed by atoms with van der Waals surface area (Å²) in [5, 5.41) is 0. The van der Waals surface area contributed by atoms with Gasteiger partial charge in [-0.3, -0.25) is 4.79 Å². The highest BCUT2D eigenvalue weighted by Crippen LogP contribution is 2.45. The van der Waals surface area contributed by atoms with Crippen LogP contribution in [-0.4, -0.2) is 5.78 Å². The lowest BCUT2D eigenvalue weighted by Gasteiger charge is -2.41. The van der Waals surface area contributed by atoms with E-state index in [1.165, 1.54) is 6.07 Å². The van der Waals surface area contributed by atoms with Gasteiger partial charge >= 0.3 is 0 Å². The molecule has 0 aliphatic heterocycles. The van der Waals surface area contributed by atoms with E-state index in [-0.39, 0.29) is 28.6 Å². The van der Waals surface area contributed by atoms with Crippen LogP contribution in [0.3, 0.4) is 0 Å². The zero-order valence-corrected chi connectivity index (χ0v) is 11.7. The minimum Gasteiger partial charge on any atom is -0.294 e. The van der Waals surface area contributed by atoms with Crippen LogP contribution in [0.15, 0.2) is 18.2 Å². The minimum absolute atomic E-state index is 0.0592. The van der Waals surface area contributed by atoms with Crippen molar-refractivity contribution in [2.45, 2.75) is 40.0 Å². The monoisotopic (exact) mass is 266 g/mol. The Hall–Kier alpha value is -1.25. The van der Waals surface area contributed by atoms with Gasteiger partial charge in [0.1, 0.15) is 0 Å². The molecule has 2 atom stereocenters. The van der Waals surface area contributed by atoms with Crippen molar-refractivity contribution in [3.63, 3.8) is 0 Å². The Morgan fingerprint density at radius 3 is 2.53 bits per heavy atom. The smallest absolute Gasteiger partial charge is 0.166 e. The highest BCUT2D eigenvalue weighted by atomic mass is 19.2. The first-order valence-corrected chi connectivity index (χ1v) is 6.82. The summed E-state index contributed by atoms with van der Waals surface area (Å²) in [4.78, 5) is 12.6. The summed E-state index contributed by atoms with van der Waals surface area (Å²) in [5.41, 5.74) is 0.199. The van der Waals surface area contributed by atoms with Gasteiger partial charge in [-0.25, -0.2) is 8.78 Å². The average molecular weight is 266 g/mol. The van der Waals surface area contributed by atoms with Crippen molar-refractivity contribution in [1.29, 1.82) is 0 Å². The molecule has 1 nitrogen and oxygen atoms in total. The summed E-state index contributed by atoms with van der Waals surface area (Å²) in [5.74, 6) is -1.76. The van der Waals surface area contributed by atoms with Crippen LogP contribution < -0.4 is 0 Å². The molecule has 0 bridgehead atoms. The molecule has 19 heavy (non-hydrogen) atoms. The van der Waals surface area contributed by atoms with E-state index < -0.39 is 11.6 Å². The van der Waals surface area contributed by atoms with Crippen molar-refractivity contribution >= 4 is 5.78 Å². The van der Waals surface area contributed by atoms with E-state index in [0.717, 1.165) is 31.4 Å². The van der Waals surface area contributed by atoms with Gasteiger partial charge in [0, 0.05) is 11.5 Å². The second kappa shape index (κ2) is 5.03. The van der Waals surface area contributed by atoms with Gasteiger partial charge in [-0.15, -0.1) is 0 Å². The van der Waals surface area contributed by atoms with Gasteiger partial charge in [-0.2, -0.15) is 0 Å². The van der Waals surface area contributed by atoms with Crippen LogP contribution in [0.1, 0.15) is 50.4 Å². The van der Waals surface area contributed by atoms with Crippen molar-refractivity contribution < 1.29 is 13.6 Å². The van der Waals surface area contributed by atoms with Crippen molar-refractivity contribution in [2.75, 3.05) is 0 Å². The SMILES string of the molecule is C[C@H]1CCCC(C)(C)[C@@H]1C(=O)c1ccc(F)c(F)c1. The van der Waals surface area contributed by atoms with Crippen LogP contribution in [0.2, 0.25) is 0 Å². The first-order valence-electron chi connectivity index (χ1n) is 6.82. The van der Waals surface area contributed by atoms with Crippen molar-refractivity contribution in [3.05, 3.63) is 35.4 Å². The number of hydrogen-bond acceptors (Lipinski definition) is 1. The minimum atomic E-state index is -0.952. The third kappa shape index (κ3) is 2.70. The zero-order valence-electron chi connectivity index (χ0n) is 11.7. The van der Waals surface area contributed by atoms with Crippen LogP contribution in [0.4, 0.5) is 8.78 Å². The molecule has 0 unspecified atom stereocenters. The van der Waals surface area contributed by atoms with Crippen LogP contribution in [0.5, 0.6) is 0 Å². The Bertz CT molecular complexity index is 494. The molecule has 1 aliphatic rings. The van der Waals surface area contributed by atoms with Gasteiger partial charge < -0.3 is 0 Å². The molecule has 3 heteroatoms. The first-order chi connectivity index (χ1) is 8.83. The number of carbonyl (C=O) groups is 1. The van der Waals surface area contributed by atoms with E-state index in [2.05, 4.69) is 20.8 Å². The number of hydrogen-bond donors (Lipinski definition) is 0. The van der Waals surface area contributed by atoms with E-state index in [9.17, 15) is 13.6 Å². The quantitative estimate of drug-likeness (QED) is 0.714. The lowest BCUT2D eigenvalue weighted by Crippen LogP contribution is -2.39. The predicted octanol–water partition coefficient (Wildman–Crippen LogP) is 4.61. The Morgan fingerprint density at radius 1 is 1.26 bits per heavy atom. The third-order valence-electron chi connectivity index (χ3n) is 4.38. The number of halogens is 2. The summed E-state index contributed by atoms with van der Waals surface area (Å²) in [7, 11) is 0. The molecule has 1 aliphatic carbocycles. The summed E-state index contributed by atoms with van der Waals surface area (Å²) in [6.07, 6.45) is 3.14. The number of Topliss-reactive ketones (excluding diaryl/α,β-unsaturated/α-hetero) is 1. The molecule has 1 fully saturated rings. The van der Waals surface area contributed by atoms with E-state index in [1.807, 2.05) is 0 Å². The molecule has 0 radical (unpaired) electrons. The van der Waals surface area contributed by atoms with Crippen LogP contribution in [0, 0.1) is 28.9 Å². The van der Waals surface area contributed by atoms with E-state index in [4.69, 9.17) is 0 Å². The number of benzene rings is 1. The first kappa shape index (κ1) is 14.2. The van der Waals surface area contributed by atoms with Crippen LogP contribution in [-0.2, 0) is 0 Å². The fraction of sp³-hybridized carbons (Fsp3) is 0.562. The highest BCUT2D eigenvalue weighted by molar-refractivity contribution is 5.98. The summed E-state index contributed by atoms with van der Waals surface area (Å²) in [6.45, 7) is 6.25. The van der Waals surface area contributed by atoms with Crippen LogP contribution >= 0.6 is 0 Å². The Morgan fingerprint density at radius 2 is 1.95 bits per heavy atom. The van der Waals surface area contributed by atoms with Gasteiger partial charge in [-0.05, 0) is 42.4 Å². The highest BCUT2D eigenvalue weighted by Gasteiger charge is 2.41. The number of ketones is 1. The van der Waals surface area contributed by atoms with Crippen LogP contribution in [0.25, 0.3) is 0 Å². The summed E-state index contributed by atoms with van der Waals surface area (Å²) >= 11 is 0. The molecule has 0 heterocycles. The van der Waals surface area contributed by atoms with Gasteiger partial charge in [-0.1, -0.05) is 27.2 Å². The largest absolute Gasteiger partial charge is 0.294 e. The molecule has 1 aromatic rings. The molecule has 104 valence electrons. The maximum absolute atomic E-state index is 13.3. The summed E-state index contributed by atoms with van der Waals surface area (Å²) in [6, 6.07) is 3.44. The van der Waals surface area contributed by atoms with Crippen molar-refractivity contribution in [3.8, 4) is 0 Å². The topological polar surface area (TPSA) is 17.1 Å². The molecule has 1 saturated carbocycles. The fourth-order valence-corrected chi connectivity index (χ4v) is 3.41. The predicted molar refractivity (Wildman–Crippen MR) is 71.0 cm³/mol. The Labute approximate surface area is 113 Å². The van der Waals surface area contributed by atoms with Gasteiger partial charge in [0.2, 0.25) is 0 Å². The molecule has 0 aromatic heterocycles.